The van der Waals surface area contributed by atoms with E-state index in [2.05, 4.69) is 15.3 Å². The van der Waals surface area contributed by atoms with Gasteiger partial charge in [-0.05, 0) is 37.6 Å². The van der Waals surface area contributed by atoms with E-state index in [1.807, 2.05) is 26.0 Å². The Morgan fingerprint density at radius 1 is 1.27 bits per heavy atom. The van der Waals surface area contributed by atoms with Crippen molar-refractivity contribution in [1.82, 2.24) is 9.97 Å². The third-order valence-electron chi connectivity index (χ3n) is 3.13. The Labute approximate surface area is 132 Å². The van der Waals surface area contributed by atoms with E-state index >= 15 is 0 Å². The first kappa shape index (κ1) is 14.7. The predicted octanol–water partition coefficient (Wildman–Crippen LogP) is 4.15. The number of nitrogens with one attached hydrogen (secondary N) is 1. The van der Waals surface area contributed by atoms with Gasteiger partial charge < -0.3 is 10.1 Å². The smallest absolute Gasteiger partial charge is 0.152 e. The Balaban J connectivity index is 1.77. The fraction of sp³-hybridized carbons (Fsp3) is 0.250. The summed E-state index contributed by atoms with van der Waals surface area (Å²) in [5.41, 5.74) is 2.15. The summed E-state index contributed by atoms with van der Waals surface area (Å²) in [6.07, 6.45) is 3.44. The number of benzene rings is 1. The lowest BCUT2D eigenvalue weighted by Gasteiger charge is -2.08. The van der Waals surface area contributed by atoms with E-state index < -0.39 is 0 Å². The van der Waals surface area contributed by atoms with Crippen LogP contribution < -0.4 is 10.1 Å². The highest BCUT2D eigenvalue weighted by atomic mass is 32.1. The minimum absolute atomic E-state index is 0.300. The summed E-state index contributed by atoms with van der Waals surface area (Å²) in [6.45, 7) is 4.96. The molecule has 0 saturated heterocycles. The van der Waals surface area contributed by atoms with Crippen LogP contribution >= 0.6 is 11.3 Å². The lowest BCUT2D eigenvalue weighted by molar-refractivity contribution is 0.338. The normalized spacial score (nSPS) is 10.9. The molecule has 0 radical (unpaired) electrons. The number of rotatable bonds is 5. The highest BCUT2D eigenvalue weighted by Gasteiger charge is 2.08. The molecule has 0 aliphatic carbocycles. The average Bonchev–Trinajstić information content (AvgIpc) is 2.87. The molecule has 1 aromatic carbocycles. The van der Waals surface area contributed by atoms with Gasteiger partial charge in [0.2, 0.25) is 0 Å². The fourth-order valence-electron chi connectivity index (χ4n) is 2.21. The maximum atomic E-state index is 14.0. The zero-order chi connectivity index (χ0) is 15.5. The zero-order valence-electron chi connectivity index (χ0n) is 12.4. The van der Waals surface area contributed by atoms with Crippen molar-refractivity contribution in [2.75, 3.05) is 11.9 Å². The van der Waals surface area contributed by atoms with Crippen LogP contribution in [0.2, 0.25) is 0 Å². The molecule has 0 aliphatic heterocycles. The summed E-state index contributed by atoms with van der Waals surface area (Å²) in [4.78, 5) is 8.33. The molecule has 0 amide bonds. The van der Waals surface area contributed by atoms with Crippen LogP contribution in [0.15, 0.2) is 30.6 Å². The van der Waals surface area contributed by atoms with Gasteiger partial charge >= 0.3 is 0 Å². The molecule has 0 atom stereocenters. The molecular formula is C16H16FN3OS. The number of thiazole rings is 1. The molecule has 0 saturated carbocycles. The van der Waals surface area contributed by atoms with Crippen molar-refractivity contribution in [3.8, 4) is 5.75 Å². The number of nitrogens with zero attached hydrogens (tertiary/aromatic N) is 2. The lowest BCUT2D eigenvalue weighted by Crippen LogP contribution is -2.01. The number of fused-ring (bicyclic) bond motifs is 1. The number of anilines is 1. The summed E-state index contributed by atoms with van der Waals surface area (Å²) >= 11 is 1.49. The van der Waals surface area contributed by atoms with Gasteiger partial charge in [0.1, 0.15) is 11.3 Å². The third kappa shape index (κ3) is 3.17. The lowest BCUT2D eigenvalue weighted by atomic mass is 10.2. The van der Waals surface area contributed by atoms with Crippen molar-refractivity contribution < 1.29 is 9.13 Å². The first-order valence-electron chi connectivity index (χ1n) is 7.03. The van der Waals surface area contributed by atoms with Gasteiger partial charge in [-0.1, -0.05) is 0 Å². The van der Waals surface area contributed by atoms with Gasteiger partial charge in [0, 0.05) is 18.4 Å². The SMILES string of the molecule is CCOc1cncc(CNc2cc(F)c3nc(C)sc3c2)c1. The second-order valence-corrected chi connectivity index (χ2v) is 6.09. The van der Waals surface area contributed by atoms with Crippen molar-refractivity contribution in [1.29, 1.82) is 0 Å². The van der Waals surface area contributed by atoms with Crippen LogP contribution in [-0.4, -0.2) is 16.6 Å². The number of hydrogen-bond donors (Lipinski definition) is 1. The number of ether oxygens (including phenoxy) is 1. The summed E-state index contributed by atoms with van der Waals surface area (Å²) < 4.78 is 20.3. The Kier molecular flexibility index (Phi) is 4.20. The van der Waals surface area contributed by atoms with Crippen molar-refractivity contribution in [2.24, 2.45) is 0 Å². The van der Waals surface area contributed by atoms with Gasteiger partial charge in [0.05, 0.1) is 22.5 Å². The topological polar surface area (TPSA) is 47.0 Å². The standard InChI is InChI=1S/C16H16FN3OS/c1-3-21-13-4-11(7-18-9-13)8-19-12-5-14(17)16-15(6-12)22-10(2)20-16/h4-7,9,19H,3,8H2,1-2H3. The highest BCUT2D eigenvalue weighted by molar-refractivity contribution is 7.18. The van der Waals surface area contributed by atoms with E-state index in [0.29, 0.717) is 18.7 Å². The Hall–Kier alpha value is -2.21. The monoisotopic (exact) mass is 317 g/mol. The van der Waals surface area contributed by atoms with E-state index in [1.54, 1.807) is 12.4 Å². The van der Waals surface area contributed by atoms with Crippen LogP contribution in [0.25, 0.3) is 10.2 Å². The van der Waals surface area contributed by atoms with Gasteiger partial charge in [-0.3, -0.25) is 4.98 Å². The summed E-state index contributed by atoms with van der Waals surface area (Å²) in [5.74, 6) is 0.437. The summed E-state index contributed by atoms with van der Waals surface area (Å²) in [6, 6.07) is 5.32. The zero-order valence-corrected chi connectivity index (χ0v) is 13.2. The molecule has 22 heavy (non-hydrogen) atoms. The van der Waals surface area contributed by atoms with Crippen LogP contribution in [-0.2, 0) is 6.54 Å². The number of halogens is 1. The Morgan fingerprint density at radius 2 is 2.14 bits per heavy atom. The van der Waals surface area contributed by atoms with Gasteiger partial charge in [-0.15, -0.1) is 11.3 Å². The molecule has 114 valence electrons. The van der Waals surface area contributed by atoms with Gasteiger partial charge in [-0.25, -0.2) is 9.37 Å². The van der Waals surface area contributed by atoms with E-state index in [-0.39, 0.29) is 5.82 Å². The second kappa shape index (κ2) is 6.27. The predicted molar refractivity (Wildman–Crippen MR) is 87.0 cm³/mol. The number of aryl methyl sites for hydroxylation is 1. The van der Waals surface area contributed by atoms with E-state index in [4.69, 9.17) is 4.74 Å². The largest absolute Gasteiger partial charge is 0.492 e. The Bertz CT molecular complexity index is 803. The molecule has 2 aromatic heterocycles. The summed E-state index contributed by atoms with van der Waals surface area (Å²) in [5, 5.41) is 4.08. The van der Waals surface area contributed by atoms with Gasteiger partial charge in [0.25, 0.3) is 0 Å². The number of hydrogen-bond acceptors (Lipinski definition) is 5. The maximum Gasteiger partial charge on any atom is 0.152 e. The van der Waals surface area contributed by atoms with E-state index in [0.717, 1.165) is 26.7 Å². The first-order chi connectivity index (χ1) is 10.7. The van der Waals surface area contributed by atoms with E-state index in [1.165, 1.54) is 17.4 Å². The van der Waals surface area contributed by atoms with Crippen molar-refractivity contribution in [3.63, 3.8) is 0 Å². The molecule has 3 rings (SSSR count). The molecule has 0 unspecified atom stereocenters. The second-order valence-electron chi connectivity index (χ2n) is 4.85. The molecule has 1 N–H and O–H groups in total. The third-order valence-corrected chi connectivity index (χ3v) is 4.05. The molecule has 0 spiro atoms. The van der Waals surface area contributed by atoms with Crippen LogP contribution in [0.1, 0.15) is 17.5 Å². The minimum atomic E-state index is -0.300. The van der Waals surface area contributed by atoms with Crippen LogP contribution in [0.5, 0.6) is 5.75 Å². The fourth-order valence-corrected chi connectivity index (χ4v) is 3.09. The maximum absolute atomic E-state index is 14.0. The number of pyridine rings is 1. The molecule has 2 heterocycles. The molecular weight excluding hydrogens is 301 g/mol. The number of aromatic nitrogens is 2. The van der Waals surface area contributed by atoms with Crippen LogP contribution in [0.4, 0.5) is 10.1 Å². The molecule has 0 fully saturated rings. The van der Waals surface area contributed by atoms with Gasteiger partial charge in [-0.2, -0.15) is 0 Å². The molecule has 4 nitrogen and oxygen atoms in total. The van der Waals surface area contributed by atoms with Crippen LogP contribution in [0.3, 0.4) is 0 Å². The van der Waals surface area contributed by atoms with Crippen molar-refractivity contribution in [2.45, 2.75) is 20.4 Å². The average molecular weight is 317 g/mol. The first-order valence-corrected chi connectivity index (χ1v) is 7.84. The van der Waals surface area contributed by atoms with Crippen LogP contribution in [0, 0.1) is 12.7 Å². The van der Waals surface area contributed by atoms with Crippen molar-refractivity contribution >= 4 is 27.2 Å². The summed E-state index contributed by atoms with van der Waals surface area (Å²) in [7, 11) is 0. The minimum Gasteiger partial charge on any atom is -0.492 e. The van der Waals surface area contributed by atoms with E-state index in [9.17, 15) is 4.39 Å². The quantitative estimate of drug-likeness (QED) is 0.768. The molecule has 0 bridgehead atoms. The van der Waals surface area contributed by atoms with Crippen molar-refractivity contribution in [3.05, 3.63) is 47.0 Å². The molecule has 6 heteroatoms. The highest BCUT2D eigenvalue weighted by Crippen LogP contribution is 2.27. The molecule has 3 aromatic rings. The Morgan fingerprint density at radius 3 is 2.95 bits per heavy atom. The van der Waals surface area contributed by atoms with Gasteiger partial charge in [0.15, 0.2) is 5.82 Å². The molecule has 0 aliphatic rings.